The number of nitrogens with zero attached hydrogens (tertiary/aromatic N) is 3. The number of hydrogen-bond donors (Lipinski definition) is 1. The average molecular weight is 263 g/mol. The Hall–Kier alpha value is -0.900. The van der Waals surface area contributed by atoms with Crippen LogP contribution in [0.5, 0.6) is 0 Å². The number of rotatable bonds is 3. The van der Waals surface area contributed by atoms with Crippen molar-refractivity contribution in [2.45, 2.75) is 82.8 Å². The standard InChI is InChI=1S/C15H25N3O/c1-10(2)14-16-15(11-8-13(19)9-11)18(17-14)12-6-4-3-5-7-12/h10-13,19H,3-9H2,1-2H3. The third kappa shape index (κ3) is 2.55. The monoisotopic (exact) mass is 263 g/mol. The summed E-state index contributed by atoms with van der Waals surface area (Å²) in [6.07, 6.45) is 8.07. The first-order valence-electron chi connectivity index (χ1n) is 7.79. The molecule has 3 rings (SSSR count). The lowest BCUT2D eigenvalue weighted by Gasteiger charge is -2.32. The van der Waals surface area contributed by atoms with Gasteiger partial charge in [0.1, 0.15) is 5.82 Å². The number of aliphatic hydroxyl groups is 1. The molecule has 1 heterocycles. The summed E-state index contributed by atoms with van der Waals surface area (Å²) in [6, 6.07) is 0.543. The van der Waals surface area contributed by atoms with Gasteiger partial charge in [-0.05, 0) is 25.7 Å². The van der Waals surface area contributed by atoms with Crippen molar-refractivity contribution in [1.29, 1.82) is 0 Å². The minimum atomic E-state index is -0.121. The Morgan fingerprint density at radius 1 is 1.16 bits per heavy atom. The highest BCUT2D eigenvalue weighted by Gasteiger charge is 2.34. The van der Waals surface area contributed by atoms with Gasteiger partial charge in [-0.25, -0.2) is 9.67 Å². The normalized spacial score (nSPS) is 28.6. The van der Waals surface area contributed by atoms with Gasteiger partial charge < -0.3 is 5.11 Å². The first-order chi connectivity index (χ1) is 9.15. The minimum Gasteiger partial charge on any atom is -0.393 e. The topological polar surface area (TPSA) is 50.9 Å². The Morgan fingerprint density at radius 3 is 2.42 bits per heavy atom. The third-order valence-electron chi connectivity index (χ3n) is 4.59. The molecule has 0 unspecified atom stereocenters. The Labute approximate surface area is 115 Å². The van der Waals surface area contributed by atoms with Gasteiger partial charge >= 0.3 is 0 Å². The fourth-order valence-electron chi connectivity index (χ4n) is 3.27. The van der Waals surface area contributed by atoms with Gasteiger partial charge in [0.15, 0.2) is 5.82 Å². The SMILES string of the molecule is CC(C)c1nc(C2CC(O)C2)n(C2CCCCC2)n1. The van der Waals surface area contributed by atoms with E-state index in [-0.39, 0.29) is 6.10 Å². The smallest absolute Gasteiger partial charge is 0.153 e. The van der Waals surface area contributed by atoms with E-state index in [0.29, 0.717) is 17.9 Å². The Balaban J connectivity index is 1.87. The molecule has 1 aromatic heterocycles. The molecule has 0 bridgehead atoms. The van der Waals surface area contributed by atoms with Crippen molar-refractivity contribution in [2.24, 2.45) is 0 Å². The van der Waals surface area contributed by atoms with Crippen LogP contribution in [0.25, 0.3) is 0 Å². The minimum absolute atomic E-state index is 0.121. The zero-order valence-electron chi connectivity index (χ0n) is 12.0. The number of aliphatic hydroxyl groups excluding tert-OH is 1. The third-order valence-corrected chi connectivity index (χ3v) is 4.59. The molecule has 1 aromatic rings. The summed E-state index contributed by atoms with van der Waals surface area (Å²) < 4.78 is 2.21. The van der Waals surface area contributed by atoms with Crippen molar-refractivity contribution in [2.75, 3.05) is 0 Å². The van der Waals surface area contributed by atoms with Gasteiger partial charge in [-0.3, -0.25) is 0 Å². The van der Waals surface area contributed by atoms with Crippen LogP contribution in [0.4, 0.5) is 0 Å². The lowest BCUT2D eigenvalue weighted by Crippen LogP contribution is -2.30. The van der Waals surface area contributed by atoms with E-state index < -0.39 is 0 Å². The van der Waals surface area contributed by atoms with Crippen molar-refractivity contribution in [3.63, 3.8) is 0 Å². The maximum absolute atomic E-state index is 9.54. The molecule has 4 nitrogen and oxygen atoms in total. The predicted molar refractivity (Wildman–Crippen MR) is 74.2 cm³/mol. The van der Waals surface area contributed by atoms with E-state index in [1.807, 2.05) is 0 Å². The maximum atomic E-state index is 9.54. The van der Waals surface area contributed by atoms with E-state index in [1.165, 1.54) is 32.1 Å². The Morgan fingerprint density at radius 2 is 1.84 bits per heavy atom. The van der Waals surface area contributed by atoms with Crippen LogP contribution >= 0.6 is 0 Å². The number of hydrogen-bond acceptors (Lipinski definition) is 3. The predicted octanol–water partition coefficient (Wildman–Crippen LogP) is 3.15. The fraction of sp³-hybridized carbons (Fsp3) is 0.867. The molecule has 2 aliphatic carbocycles. The molecule has 0 saturated heterocycles. The van der Waals surface area contributed by atoms with Gasteiger partial charge in [0, 0.05) is 11.8 Å². The average Bonchev–Trinajstić information content (AvgIpc) is 2.81. The first-order valence-corrected chi connectivity index (χ1v) is 7.79. The highest BCUT2D eigenvalue weighted by molar-refractivity contribution is 5.09. The molecule has 1 N–H and O–H groups in total. The van der Waals surface area contributed by atoms with Crippen molar-refractivity contribution in [3.8, 4) is 0 Å². The molecule has 0 atom stereocenters. The van der Waals surface area contributed by atoms with E-state index in [9.17, 15) is 5.11 Å². The zero-order valence-corrected chi connectivity index (χ0v) is 12.0. The van der Waals surface area contributed by atoms with Crippen LogP contribution in [0, 0.1) is 0 Å². The van der Waals surface area contributed by atoms with Gasteiger partial charge in [-0.1, -0.05) is 33.1 Å². The molecule has 2 aliphatic rings. The lowest BCUT2D eigenvalue weighted by molar-refractivity contribution is 0.0687. The van der Waals surface area contributed by atoms with Gasteiger partial charge in [0.2, 0.25) is 0 Å². The largest absolute Gasteiger partial charge is 0.393 e. The molecule has 0 aliphatic heterocycles. The van der Waals surface area contributed by atoms with E-state index in [1.54, 1.807) is 0 Å². The fourth-order valence-corrected chi connectivity index (χ4v) is 3.27. The van der Waals surface area contributed by atoms with Crippen LogP contribution in [0.1, 0.15) is 88.3 Å². The molecule has 0 spiro atoms. The summed E-state index contributed by atoms with van der Waals surface area (Å²) in [7, 11) is 0. The zero-order chi connectivity index (χ0) is 13.4. The van der Waals surface area contributed by atoms with Crippen molar-refractivity contribution >= 4 is 0 Å². The molecule has 0 amide bonds. The van der Waals surface area contributed by atoms with Crippen LogP contribution in [-0.2, 0) is 0 Å². The van der Waals surface area contributed by atoms with E-state index in [0.717, 1.165) is 24.5 Å². The molecule has 0 radical (unpaired) electrons. The van der Waals surface area contributed by atoms with Gasteiger partial charge in [0.25, 0.3) is 0 Å². The highest BCUT2D eigenvalue weighted by Crippen LogP contribution is 2.39. The molecular formula is C15H25N3O. The van der Waals surface area contributed by atoms with Crippen LogP contribution in [0.15, 0.2) is 0 Å². The summed E-state index contributed by atoms with van der Waals surface area (Å²) >= 11 is 0. The molecule has 106 valence electrons. The summed E-state index contributed by atoms with van der Waals surface area (Å²) in [5, 5.41) is 14.3. The van der Waals surface area contributed by atoms with E-state index in [2.05, 4.69) is 18.5 Å². The quantitative estimate of drug-likeness (QED) is 0.911. The van der Waals surface area contributed by atoms with Crippen molar-refractivity contribution in [1.82, 2.24) is 14.8 Å². The molecule has 2 fully saturated rings. The van der Waals surface area contributed by atoms with E-state index in [4.69, 9.17) is 10.1 Å². The van der Waals surface area contributed by atoms with Gasteiger partial charge in [-0.15, -0.1) is 0 Å². The Bertz CT molecular complexity index is 429. The lowest BCUT2D eigenvalue weighted by atomic mass is 9.81. The highest BCUT2D eigenvalue weighted by atomic mass is 16.3. The van der Waals surface area contributed by atoms with Gasteiger partial charge in [0.05, 0.1) is 12.1 Å². The summed E-state index contributed by atoms with van der Waals surface area (Å²) in [4.78, 5) is 4.78. The van der Waals surface area contributed by atoms with Gasteiger partial charge in [-0.2, -0.15) is 5.10 Å². The second-order valence-corrected chi connectivity index (χ2v) is 6.54. The molecule has 4 heteroatoms. The van der Waals surface area contributed by atoms with Crippen LogP contribution in [-0.4, -0.2) is 26.0 Å². The van der Waals surface area contributed by atoms with Crippen molar-refractivity contribution in [3.05, 3.63) is 11.6 Å². The second kappa shape index (κ2) is 5.23. The molecule has 19 heavy (non-hydrogen) atoms. The molecule has 0 aromatic carbocycles. The summed E-state index contributed by atoms with van der Waals surface area (Å²) in [6.45, 7) is 4.31. The maximum Gasteiger partial charge on any atom is 0.153 e. The van der Waals surface area contributed by atoms with Crippen LogP contribution in [0.3, 0.4) is 0 Å². The second-order valence-electron chi connectivity index (χ2n) is 6.54. The first kappa shape index (κ1) is 13.1. The number of aromatic nitrogens is 3. The summed E-state index contributed by atoms with van der Waals surface area (Å²) in [5.74, 6) is 2.92. The van der Waals surface area contributed by atoms with Crippen LogP contribution in [0.2, 0.25) is 0 Å². The summed E-state index contributed by atoms with van der Waals surface area (Å²) in [5.41, 5.74) is 0. The van der Waals surface area contributed by atoms with Crippen LogP contribution < -0.4 is 0 Å². The van der Waals surface area contributed by atoms with Crippen molar-refractivity contribution < 1.29 is 5.11 Å². The molecular weight excluding hydrogens is 238 g/mol. The Kier molecular flexibility index (Phi) is 3.61. The van der Waals surface area contributed by atoms with E-state index >= 15 is 0 Å². The molecule has 2 saturated carbocycles.